The first-order valence-corrected chi connectivity index (χ1v) is 9.43. The van der Waals surface area contributed by atoms with Crippen LogP contribution in [0.1, 0.15) is 0 Å². The molecule has 0 radical (unpaired) electrons. The van der Waals surface area contributed by atoms with Crippen molar-refractivity contribution in [1.29, 1.82) is 0 Å². The van der Waals surface area contributed by atoms with Crippen molar-refractivity contribution in [2.75, 3.05) is 0 Å². The molecule has 0 spiro atoms. The highest BCUT2D eigenvalue weighted by molar-refractivity contribution is 5.94. The summed E-state index contributed by atoms with van der Waals surface area (Å²) in [6, 6.07) is 35.9. The zero-order valence-electron chi connectivity index (χ0n) is 15.2. The van der Waals surface area contributed by atoms with Gasteiger partial charge < -0.3 is 0 Å². The molecule has 0 aliphatic heterocycles. The van der Waals surface area contributed by atoms with Crippen LogP contribution >= 0.6 is 0 Å². The van der Waals surface area contributed by atoms with Gasteiger partial charge in [-0.15, -0.1) is 0 Å². The van der Waals surface area contributed by atoms with Gasteiger partial charge in [-0.25, -0.2) is 4.98 Å². The highest BCUT2D eigenvalue weighted by Gasteiger charge is 2.17. The Balaban J connectivity index is 1.77. The highest BCUT2D eigenvalue weighted by atomic mass is 15.2. The fourth-order valence-electron chi connectivity index (χ4n) is 4.04. The van der Waals surface area contributed by atoms with Crippen LogP contribution in [-0.2, 0) is 0 Å². The van der Waals surface area contributed by atoms with Crippen LogP contribution in [0.2, 0.25) is 0 Å². The molecule has 0 saturated heterocycles. The van der Waals surface area contributed by atoms with Gasteiger partial charge in [0.1, 0.15) is 0 Å². The minimum absolute atomic E-state index is 0.938. The van der Waals surface area contributed by atoms with Crippen LogP contribution in [0.25, 0.3) is 44.7 Å². The molecule has 6 rings (SSSR count). The predicted molar refractivity (Wildman–Crippen MR) is 115 cm³/mol. The van der Waals surface area contributed by atoms with E-state index in [1.165, 1.54) is 11.1 Å². The van der Waals surface area contributed by atoms with E-state index in [0.717, 1.165) is 33.5 Å². The summed E-state index contributed by atoms with van der Waals surface area (Å²) in [4.78, 5) is 4.96. The van der Waals surface area contributed by atoms with Crippen molar-refractivity contribution in [3.05, 3.63) is 103 Å². The molecule has 3 nitrogen and oxygen atoms in total. The van der Waals surface area contributed by atoms with Gasteiger partial charge in [0.15, 0.2) is 0 Å². The van der Waals surface area contributed by atoms with Crippen LogP contribution in [0.15, 0.2) is 103 Å². The van der Waals surface area contributed by atoms with Gasteiger partial charge >= 0.3 is 0 Å². The van der Waals surface area contributed by atoms with E-state index in [-0.39, 0.29) is 0 Å². The summed E-state index contributed by atoms with van der Waals surface area (Å²) in [5.41, 5.74) is 7.99. The van der Waals surface area contributed by atoms with Crippen molar-refractivity contribution >= 4 is 27.8 Å². The zero-order valence-corrected chi connectivity index (χ0v) is 15.2. The van der Waals surface area contributed by atoms with Crippen LogP contribution in [0.5, 0.6) is 0 Å². The van der Waals surface area contributed by atoms with Crippen LogP contribution in [0.4, 0.5) is 0 Å². The predicted octanol–water partition coefficient (Wildman–Crippen LogP) is 6.10. The first-order valence-electron chi connectivity index (χ1n) is 9.43. The molecule has 28 heavy (non-hydrogen) atoms. The summed E-state index contributed by atoms with van der Waals surface area (Å²) in [6.07, 6.45) is 0. The smallest absolute Gasteiger partial charge is 0.220 e. The van der Waals surface area contributed by atoms with E-state index in [0.29, 0.717) is 0 Å². The molecule has 0 aliphatic rings. The van der Waals surface area contributed by atoms with E-state index in [1.54, 1.807) is 0 Å². The van der Waals surface area contributed by atoms with Crippen LogP contribution in [0, 0.1) is 0 Å². The van der Waals surface area contributed by atoms with Crippen molar-refractivity contribution in [1.82, 2.24) is 14.0 Å². The number of hydrogen-bond donors (Lipinski definition) is 0. The number of aromatic nitrogens is 3. The average Bonchev–Trinajstić information content (AvgIpc) is 3.29. The minimum Gasteiger partial charge on any atom is -0.278 e. The number of imidazole rings is 2. The first kappa shape index (κ1) is 15.2. The lowest BCUT2D eigenvalue weighted by atomic mass is 10.1. The van der Waals surface area contributed by atoms with Crippen molar-refractivity contribution < 1.29 is 0 Å². The SMILES string of the molecule is c1ccc(-c2ccc3c(c2)n2c4ccccc4nc2n3-c2ccccc2)cc1. The number of rotatable bonds is 2. The molecular formula is C25H17N3. The molecule has 132 valence electrons. The second-order valence-corrected chi connectivity index (χ2v) is 6.98. The van der Waals surface area contributed by atoms with Crippen molar-refractivity contribution in [3.63, 3.8) is 0 Å². The molecule has 0 unspecified atom stereocenters. The van der Waals surface area contributed by atoms with E-state index in [1.807, 2.05) is 12.1 Å². The number of fused-ring (bicyclic) bond motifs is 5. The summed E-state index contributed by atoms with van der Waals surface area (Å²) in [7, 11) is 0. The molecule has 3 heteroatoms. The molecule has 0 N–H and O–H groups in total. The van der Waals surface area contributed by atoms with Crippen LogP contribution < -0.4 is 0 Å². The van der Waals surface area contributed by atoms with Gasteiger partial charge in [-0.2, -0.15) is 0 Å². The van der Waals surface area contributed by atoms with Gasteiger partial charge in [0.05, 0.1) is 22.1 Å². The Morgan fingerprint density at radius 3 is 2.07 bits per heavy atom. The third-order valence-electron chi connectivity index (χ3n) is 5.32. The number of benzene rings is 4. The Labute approximate surface area is 162 Å². The maximum Gasteiger partial charge on any atom is 0.220 e. The number of para-hydroxylation sites is 3. The molecular weight excluding hydrogens is 342 g/mol. The van der Waals surface area contributed by atoms with E-state index in [9.17, 15) is 0 Å². The second kappa shape index (κ2) is 5.83. The van der Waals surface area contributed by atoms with Crippen LogP contribution in [-0.4, -0.2) is 14.0 Å². The van der Waals surface area contributed by atoms with Gasteiger partial charge in [-0.1, -0.05) is 66.7 Å². The third kappa shape index (κ3) is 2.13. The maximum atomic E-state index is 4.96. The van der Waals surface area contributed by atoms with Gasteiger partial charge in [-0.05, 0) is 47.5 Å². The van der Waals surface area contributed by atoms with Gasteiger partial charge in [0.25, 0.3) is 0 Å². The van der Waals surface area contributed by atoms with Crippen molar-refractivity contribution in [3.8, 4) is 16.8 Å². The Kier molecular flexibility index (Phi) is 3.17. The monoisotopic (exact) mass is 359 g/mol. The van der Waals surface area contributed by atoms with E-state index >= 15 is 0 Å². The summed E-state index contributed by atoms with van der Waals surface area (Å²) in [5, 5.41) is 0. The lowest BCUT2D eigenvalue weighted by Crippen LogP contribution is -1.94. The molecule has 0 aliphatic carbocycles. The van der Waals surface area contributed by atoms with E-state index < -0.39 is 0 Å². The normalized spacial score (nSPS) is 11.6. The van der Waals surface area contributed by atoms with E-state index in [4.69, 9.17) is 4.98 Å². The quantitative estimate of drug-likeness (QED) is 0.366. The lowest BCUT2D eigenvalue weighted by molar-refractivity contribution is 1.11. The fraction of sp³-hybridized carbons (Fsp3) is 0. The van der Waals surface area contributed by atoms with Crippen molar-refractivity contribution in [2.45, 2.75) is 0 Å². The molecule has 6 aromatic rings. The molecule has 0 bridgehead atoms. The molecule has 2 heterocycles. The molecule has 2 aromatic heterocycles. The van der Waals surface area contributed by atoms with E-state index in [2.05, 4.69) is 100.0 Å². The Morgan fingerprint density at radius 1 is 0.536 bits per heavy atom. The Bertz CT molecular complexity index is 1440. The zero-order chi connectivity index (χ0) is 18.5. The first-order chi connectivity index (χ1) is 13.9. The maximum absolute atomic E-state index is 4.96. The summed E-state index contributed by atoms with van der Waals surface area (Å²) >= 11 is 0. The van der Waals surface area contributed by atoms with Crippen molar-refractivity contribution in [2.24, 2.45) is 0 Å². The second-order valence-electron chi connectivity index (χ2n) is 6.98. The van der Waals surface area contributed by atoms with Gasteiger partial charge in [-0.3, -0.25) is 8.97 Å². The summed E-state index contributed by atoms with van der Waals surface area (Å²) in [6.45, 7) is 0. The standard InChI is InChI=1S/C25H17N3/c1-3-9-18(10-4-1)19-15-16-23-24(17-19)28-22-14-8-7-13-21(22)26-25(28)27(23)20-11-5-2-6-12-20/h1-17H. The molecule has 0 saturated carbocycles. The highest BCUT2D eigenvalue weighted by Crippen LogP contribution is 2.32. The summed E-state index contributed by atoms with van der Waals surface area (Å²) in [5.74, 6) is 0.938. The van der Waals surface area contributed by atoms with Gasteiger partial charge in [0, 0.05) is 5.69 Å². The van der Waals surface area contributed by atoms with Gasteiger partial charge in [0.2, 0.25) is 5.78 Å². The Morgan fingerprint density at radius 2 is 1.25 bits per heavy atom. The number of nitrogens with zero attached hydrogens (tertiary/aromatic N) is 3. The average molecular weight is 359 g/mol. The molecule has 0 atom stereocenters. The topological polar surface area (TPSA) is 22.2 Å². The minimum atomic E-state index is 0.938. The fourth-order valence-corrected chi connectivity index (χ4v) is 4.04. The lowest BCUT2D eigenvalue weighted by Gasteiger charge is -2.06. The largest absolute Gasteiger partial charge is 0.278 e. The molecule has 4 aromatic carbocycles. The molecule has 0 fully saturated rings. The summed E-state index contributed by atoms with van der Waals surface area (Å²) < 4.78 is 4.51. The molecule has 0 amide bonds. The van der Waals surface area contributed by atoms with Crippen LogP contribution in [0.3, 0.4) is 0 Å². The number of hydrogen-bond acceptors (Lipinski definition) is 1. The third-order valence-corrected chi connectivity index (χ3v) is 5.32. The Hall–Kier alpha value is -3.85.